The summed E-state index contributed by atoms with van der Waals surface area (Å²) in [6, 6.07) is 12.8. The van der Waals surface area contributed by atoms with Gasteiger partial charge >= 0.3 is 5.97 Å². The molecule has 1 atom stereocenters. The second-order valence-electron chi connectivity index (χ2n) is 4.93. The number of aliphatic carboxylic acids is 1. The number of carbonyl (C=O) groups is 2. The van der Waals surface area contributed by atoms with Crippen LogP contribution in [0.2, 0.25) is 0 Å². The number of amides is 1. The van der Waals surface area contributed by atoms with E-state index < -0.39 is 17.9 Å². The van der Waals surface area contributed by atoms with Crippen LogP contribution >= 0.6 is 15.9 Å². The Morgan fingerprint density at radius 3 is 2.48 bits per heavy atom. The van der Waals surface area contributed by atoms with E-state index in [9.17, 15) is 14.7 Å². The quantitative estimate of drug-likeness (QED) is 0.811. The maximum absolute atomic E-state index is 12.2. The van der Waals surface area contributed by atoms with Gasteiger partial charge in [-0.1, -0.05) is 34.1 Å². The predicted octanol–water partition coefficient (Wildman–Crippen LogP) is 2.88. The number of hydrogen-bond acceptors (Lipinski definition) is 3. The molecule has 6 heteroatoms. The van der Waals surface area contributed by atoms with Crippen LogP contribution in [-0.2, 0) is 11.2 Å². The van der Waals surface area contributed by atoms with E-state index in [4.69, 9.17) is 4.74 Å². The van der Waals surface area contributed by atoms with Crippen LogP contribution in [-0.4, -0.2) is 30.1 Å². The lowest BCUT2D eigenvalue weighted by molar-refractivity contribution is -0.139. The summed E-state index contributed by atoms with van der Waals surface area (Å²) in [7, 11) is 1.56. The normalized spacial score (nSPS) is 11.6. The highest BCUT2D eigenvalue weighted by Gasteiger charge is 2.21. The van der Waals surface area contributed by atoms with Gasteiger partial charge in [-0.15, -0.1) is 0 Å². The number of ether oxygens (including phenoxy) is 1. The van der Waals surface area contributed by atoms with Crippen LogP contribution < -0.4 is 10.1 Å². The zero-order valence-corrected chi connectivity index (χ0v) is 14.0. The van der Waals surface area contributed by atoms with Gasteiger partial charge in [-0.05, 0) is 35.9 Å². The maximum atomic E-state index is 12.2. The van der Waals surface area contributed by atoms with Crippen molar-refractivity contribution in [2.24, 2.45) is 0 Å². The highest BCUT2D eigenvalue weighted by atomic mass is 79.9. The molecule has 0 radical (unpaired) electrons. The van der Waals surface area contributed by atoms with E-state index >= 15 is 0 Å². The van der Waals surface area contributed by atoms with Gasteiger partial charge in [0, 0.05) is 16.5 Å². The minimum atomic E-state index is -1.08. The SMILES string of the molecule is COc1ccc(C[C@@H](NC(=O)c2cccc(Br)c2)C(=O)O)cc1. The number of rotatable bonds is 6. The average Bonchev–Trinajstić information content (AvgIpc) is 2.54. The summed E-state index contributed by atoms with van der Waals surface area (Å²) in [5, 5.41) is 11.9. The van der Waals surface area contributed by atoms with Gasteiger partial charge in [-0.3, -0.25) is 4.79 Å². The van der Waals surface area contributed by atoms with Crippen LogP contribution in [0.15, 0.2) is 53.0 Å². The third kappa shape index (κ3) is 4.82. The third-order valence-electron chi connectivity index (χ3n) is 3.29. The summed E-state index contributed by atoms with van der Waals surface area (Å²) in [6.07, 6.45) is 0.194. The Hall–Kier alpha value is -2.34. The molecule has 0 bridgehead atoms. The van der Waals surface area contributed by atoms with Crippen molar-refractivity contribution in [3.05, 3.63) is 64.1 Å². The monoisotopic (exact) mass is 377 g/mol. The molecule has 0 unspecified atom stereocenters. The van der Waals surface area contributed by atoms with E-state index in [1.807, 2.05) is 0 Å². The molecule has 23 heavy (non-hydrogen) atoms. The van der Waals surface area contributed by atoms with Crippen LogP contribution in [0.4, 0.5) is 0 Å². The number of halogens is 1. The van der Waals surface area contributed by atoms with Crippen molar-refractivity contribution in [3.8, 4) is 5.75 Å². The summed E-state index contributed by atoms with van der Waals surface area (Å²) in [4.78, 5) is 23.6. The molecular formula is C17H16BrNO4. The largest absolute Gasteiger partial charge is 0.497 e. The minimum Gasteiger partial charge on any atom is -0.497 e. The Kier molecular flexibility index (Phi) is 5.76. The van der Waals surface area contributed by atoms with Crippen LogP contribution in [0.3, 0.4) is 0 Å². The summed E-state index contributed by atoms with van der Waals surface area (Å²) < 4.78 is 5.82. The molecule has 0 heterocycles. The molecule has 0 aromatic heterocycles. The van der Waals surface area contributed by atoms with Crippen LogP contribution in [0, 0.1) is 0 Å². The number of hydrogen-bond donors (Lipinski definition) is 2. The maximum Gasteiger partial charge on any atom is 0.326 e. The number of nitrogens with one attached hydrogen (secondary N) is 1. The Balaban J connectivity index is 2.09. The van der Waals surface area contributed by atoms with Gasteiger partial charge in [-0.25, -0.2) is 4.79 Å². The molecule has 0 aliphatic heterocycles. The van der Waals surface area contributed by atoms with Crippen molar-refractivity contribution in [2.45, 2.75) is 12.5 Å². The van der Waals surface area contributed by atoms with Gasteiger partial charge in [0.1, 0.15) is 11.8 Å². The Labute approximate surface area is 142 Å². The molecule has 0 spiro atoms. The number of carboxylic acid groups (broad SMARTS) is 1. The summed E-state index contributed by atoms with van der Waals surface area (Å²) in [5.74, 6) is -0.810. The molecule has 0 aliphatic carbocycles. The van der Waals surface area contributed by atoms with Gasteiger partial charge in [0.15, 0.2) is 0 Å². The highest BCUT2D eigenvalue weighted by molar-refractivity contribution is 9.10. The minimum absolute atomic E-state index is 0.194. The molecule has 0 aliphatic rings. The van der Waals surface area contributed by atoms with E-state index in [1.165, 1.54) is 0 Å². The topological polar surface area (TPSA) is 75.6 Å². The first-order chi connectivity index (χ1) is 11.0. The smallest absolute Gasteiger partial charge is 0.326 e. The molecule has 0 saturated carbocycles. The molecule has 120 valence electrons. The van der Waals surface area contributed by atoms with Gasteiger partial charge in [0.05, 0.1) is 7.11 Å². The standard InChI is InChI=1S/C17H16BrNO4/c1-23-14-7-5-11(6-8-14)9-15(17(21)22)19-16(20)12-3-2-4-13(18)10-12/h2-8,10,15H,9H2,1H3,(H,19,20)(H,21,22)/t15-/m1/s1. The lowest BCUT2D eigenvalue weighted by atomic mass is 10.1. The van der Waals surface area contributed by atoms with E-state index in [2.05, 4.69) is 21.2 Å². The van der Waals surface area contributed by atoms with Gasteiger partial charge in [0.25, 0.3) is 5.91 Å². The van der Waals surface area contributed by atoms with Crippen molar-refractivity contribution >= 4 is 27.8 Å². The summed E-state index contributed by atoms with van der Waals surface area (Å²) in [5.41, 5.74) is 1.20. The second kappa shape index (κ2) is 7.78. The highest BCUT2D eigenvalue weighted by Crippen LogP contribution is 2.14. The Bertz CT molecular complexity index is 700. The van der Waals surface area contributed by atoms with Crippen LogP contribution in [0.25, 0.3) is 0 Å². The first kappa shape index (κ1) is 17.0. The van der Waals surface area contributed by atoms with Gasteiger partial charge in [-0.2, -0.15) is 0 Å². The van der Waals surface area contributed by atoms with Crippen molar-refractivity contribution in [1.29, 1.82) is 0 Å². The van der Waals surface area contributed by atoms with Gasteiger partial charge in [0.2, 0.25) is 0 Å². The van der Waals surface area contributed by atoms with Crippen LogP contribution in [0.1, 0.15) is 15.9 Å². The van der Waals surface area contributed by atoms with E-state index in [0.717, 1.165) is 10.0 Å². The van der Waals surface area contributed by atoms with E-state index in [0.29, 0.717) is 11.3 Å². The molecule has 2 rings (SSSR count). The fourth-order valence-corrected chi connectivity index (χ4v) is 2.47. The van der Waals surface area contributed by atoms with Crippen molar-refractivity contribution in [1.82, 2.24) is 5.32 Å². The van der Waals surface area contributed by atoms with Crippen molar-refractivity contribution in [3.63, 3.8) is 0 Å². The molecule has 2 aromatic rings. The third-order valence-corrected chi connectivity index (χ3v) is 3.78. The molecule has 0 fully saturated rings. The van der Waals surface area contributed by atoms with Crippen molar-refractivity contribution < 1.29 is 19.4 Å². The number of carbonyl (C=O) groups excluding carboxylic acids is 1. The van der Waals surface area contributed by atoms with Gasteiger partial charge < -0.3 is 15.2 Å². The summed E-state index contributed by atoms with van der Waals surface area (Å²) in [6.45, 7) is 0. The molecule has 2 N–H and O–H groups in total. The average molecular weight is 378 g/mol. The summed E-state index contributed by atoms with van der Waals surface area (Å²) >= 11 is 3.28. The molecule has 1 amide bonds. The molecule has 2 aromatic carbocycles. The Morgan fingerprint density at radius 2 is 1.91 bits per heavy atom. The zero-order chi connectivity index (χ0) is 16.8. The Morgan fingerprint density at radius 1 is 1.22 bits per heavy atom. The number of benzene rings is 2. The van der Waals surface area contributed by atoms with Crippen LogP contribution in [0.5, 0.6) is 5.75 Å². The molecule has 5 nitrogen and oxygen atoms in total. The number of carboxylic acids is 1. The van der Waals surface area contributed by atoms with Crippen molar-refractivity contribution in [2.75, 3.05) is 7.11 Å². The molecule has 0 saturated heterocycles. The first-order valence-electron chi connectivity index (χ1n) is 6.92. The lowest BCUT2D eigenvalue weighted by Gasteiger charge is -2.15. The fraction of sp³-hybridized carbons (Fsp3) is 0.176. The zero-order valence-electron chi connectivity index (χ0n) is 12.5. The van der Waals surface area contributed by atoms with E-state index in [-0.39, 0.29) is 6.42 Å². The number of methoxy groups -OCH3 is 1. The fourth-order valence-electron chi connectivity index (χ4n) is 2.07. The van der Waals surface area contributed by atoms with E-state index in [1.54, 1.807) is 55.6 Å². The predicted molar refractivity (Wildman–Crippen MR) is 89.7 cm³/mol. The second-order valence-corrected chi connectivity index (χ2v) is 5.84. The lowest BCUT2D eigenvalue weighted by Crippen LogP contribution is -2.42. The first-order valence-corrected chi connectivity index (χ1v) is 7.71. The molecular weight excluding hydrogens is 362 g/mol.